The minimum absolute atomic E-state index is 0.754. The van der Waals surface area contributed by atoms with E-state index in [0.29, 0.717) is 0 Å². The summed E-state index contributed by atoms with van der Waals surface area (Å²) in [5, 5.41) is 182. The molecule has 0 saturated carbocycles. The molecule has 74 heavy (non-hydrogen) atoms. The van der Waals surface area contributed by atoms with Crippen molar-refractivity contribution in [3.63, 3.8) is 0 Å². The number of hydrogen-bond acceptors (Lipinski definition) is 28. The highest BCUT2D eigenvalue weighted by Gasteiger charge is 2.61. The zero-order valence-corrected chi connectivity index (χ0v) is 40.3. The molecule has 0 aliphatic carbocycles. The Labute approximate surface area is 420 Å². The van der Waals surface area contributed by atoms with E-state index in [-0.39, 0.29) is 0 Å². The van der Waals surface area contributed by atoms with E-state index in [1.165, 1.54) is 0 Å². The van der Waals surface area contributed by atoms with Gasteiger partial charge in [-0.25, -0.2) is 4.79 Å². The molecular formula is C41H70N4O29. The molecule has 4 aliphatic rings. The maximum Gasteiger partial charge on any atom is 0.364 e. The van der Waals surface area contributed by atoms with Crippen molar-refractivity contribution in [2.45, 2.75) is 187 Å². The van der Waals surface area contributed by atoms with Crippen molar-refractivity contribution in [3.05, 3.63) is 0 Å². The monoisotopic (exact) mass is 1080 g/mol. The number of amides is 4. The zero-order valence-electron chi connectivity index (χ0n) is 40.3. The molecule has 4 fully saturated rings. The molecule has 33 nitrogen and oxygen atoms in total. The van der Waals surface area contributed by atoms with Gasteiger partial charge in [0.2, 0.25) is 23.6 Å². The Balaban J connectivity index is 1.83. The number of ether oxygens (including phenoxy) is 8. The number of carboxylic acids is 1. The summed E-state index contributed by atoms with van der Waals surface area (Å²) in [4.78, 5) is 62.4. The Morgan fingerprint density at radius 3 is 1.58 bits per heavy atom. The largest absolute Gasteiger partial charge is 0.477 e. The molecule has 0 unspecified atom stereocenters. The molecule has 4 amide bonds. The summed E-state index contributed by atoms with van der Waals surface area (Å²) in [7, 11) is 0. The quantitative estimate of drug-likeness (QED) is 0.0427. The van der Waals surface area contributed by atoms with E-state index in [4.69, 9.17) is 37.9 Å². The van der Waals surface area contributed by atoms with Crippen LogP contribution in [0.4, 0.5) is 0 Å². The van der Waals surface area contributed by atoms with Gasteiger partial charge in [0.05, 0.1) is 57.8 Å². The molecule has 0 aromatic heterocycles. The van der Waals surface area contributed by atoms with E-state index >= 15 is 0 Å². The summed E-state index contributed by atoms with van der Waals surface area (Å²) in [6.45, 7) is -2.57. The Hall–Kier alpha value is -3.57. The van der Waals surface area contributed by atoms with Crippen LogP contribution < -0.4 is 21.3 Å². The first kappa shape index (κ1) is 63.0. The summed E-state index contributed by atoms with van der Waals surface area (Å²) >= 11 is 0. The molecule has 4 aliphatic heterocycles. The maximum absolute atomic E-state index is 13.4. The first-order chi connectivity index (χ1) is 34.7. The number of aliphatic hydroxyl groups is 15. The molecule has 20 N–H and O–H groups in total. The summed E-state index contributed by atoms with van der Waals surface area (Å²) in [5.74, 6) is -8.90. The van der Waals surface area contributed by atoms with Crippen molar-refractivity contribution in [2.24, 2.45) is 0 Å². The lowest BCUT2D eigenvalue weighted by molar-refractivity contribution is -0.393. The number of aliphatic hydroxyl groups excluding tert-OH is 15. The molecule has 0 radical (unpaired) electrons. The third kappa shape index (κ3) is 14.9. The van der Waals surface area contributed by atoms with Crippen molar-refractivity contribution in [1.29, 1.82) is 0 Å². The minimum atomic E-state index is -3.36. The molecule has 4 heterocycles. The fraction of sp³-hybridized carbons (Fsp3) is 0.878. The SMILES string of the molecule is CC(=O)N[C@H]1[C@H](O[C@@H]2[C@H](O[C@]3(C(=O)O)C[C@H](O)[C@@H](NC(C)=O)[C@H]([C@H](O)[C@H](O)CO)O3)[C@@H](O)[C@H](O[C@@H]([C@@H](O)[C@H](O)CO[C@@H]3O[C@H](CO)[C@@H](O)[C@H](O)[C@H]3NC(C)=O)[C@H](CO)NC(C)=O)O[C@@H]2CO)O[C@H](CO)[C@H](O)[C@@H]1O. The predicted molar refractivity (Wildman–Crippen MR) is 232 cm³/mol. The van der Waals surface area contributed by atoms with E-state index < -0.39 is 228 Å². The second-order valence-corrected chi connectivity index (χ2v) is 18.1. The van der Waals surface area contributed by atoms with Crippen LogP contribution in [-0.2, 0) is 61.9 Å². The van der Waals surface area contributed by atoms with Crippen LogP contribution in [0.15, 0.2) is 0 Å². The van der Waals surface area contributed by atoms with Gasteiger partial charge in [0.1, 0.15) is 110 Å². The maximum atomic E-state index is 13.4. The van der Waals surface area contributed by atoms with Crippen molar-refractivity contribution in [1.82, 2.24) is 21.3 Å². The third-order valence-corrected chi connectivity index (χ3v) is 12.5. The van der Waals surface area contributed by atoms with E-state index in [1.54, 1.807) is 0 Å². The minimum Gasteiger partial charge on any atom is -0.477 e. The smallest absolute Gasteiger partial charge is 0.364 e. The highest BCUT2D eigenvalue weighted by atomic mass is 16.8. The lowest BCUT2D eigenvalue weighted by atomic mass is 9.88. The Morgan fingerprint density at radius 1 is 0.608 bits per heavy atom. The second kappa shape index (κ2) is 27.7. The molecule has 4 saturated heterocycles. The Bertz CT molecular complexity index is 1850. The molecule has 428 valence electrons. The molecular weight excluding hydrogens is 1010 g/mol. The second-order valence-electron chi connectivity index (χ2n) is 18.1. The number of carboxylic acid groups (broad SMARTS) is 1. The lowest BCUT2D eigenvalue weighted by Gasteiger charge is -2.52. The van der Waals surface area contributed by atoms with Gasteiger partial charge in [-0.05, 0) is 0 Å². The van der Waals surface area contributed by atoms with E-state index in [1.807, 2.05) is 0 Å². The summed E-state index contributed by atoms with van der Waals surface area (Å²) in [5.41, 5.74) is 0. The highest BCUT2D eigenvalue weighted by Crippen LogP contribution is 2.40. The van der Waals surface area contributed by atoms with Gasteiger partial charge in [0, 0.05) is 34.1 Å². The van der Waals surface area contributed by atoms with Crippen LogP contribution in [0.1, 0.15) is 34.1 Å². The van der Waals surface area contributed by atoms with E-state index in [0.717, 1.165) is 27.7 Å². The molecule has 25 atom stereocenters. The van der Waals surface area contributed by atoms with Gasteiger partial charge in [-0.3, -0.25) is 19.2 Å². The number of nitrogens with one attached hydrogen (secondary N) is 4. The fourth-order valence-corrected chi connectivity index (χ4v) is 8.85. The van der Waals surface area contributed by atoms with E-state index in [9.17, 15) is 106 Å². The fourth-order valence-electron chi connectivity index (χ4n) is 8.85. The Morgan fingerprint density at radius 2 is 1.11 bits per heavy atom. The van der Waals surface area contributed by atoms with Crippen molar-refractivity contribution < 1.29 is 144 Å². The lowest BCUT2D eigenvalue weighted by Crippen LogP contribution is -2.72. The molecule has 0 aromatic rings. The van der Waals surface area contributed by atoms with Crippen LogP contribution in [-0.4, -0.2) is 304 Å². The van der Waals surface area contributed by atoms with Crippen LogP contribution in [0, 0.1) is 0 Å². The number of hydrogen-bond donors (Lipinski definition) is 20. The number of carbonyl (C=O) groups excluding carboxylic acids is 4. The predicted octanol–water partition coefficient (Wildman–Crippen LogP) is -12.5. The summed E-state index contributed by atoms with van der Waals surface area (Å²) in [6, 6.07) is -6.88. The van der Waals surface area contributed by atoms with E-state index in [2.05, 4.69) is 21.3 Å². The third-order valence-electron chi connectivity index (χ3n) is 12.5. The normalized spacial score (nSPS) is 39.1. The average molecular weight is 1080 g/mol. The first-order valence-corrected chi connectivity index (χ1v) is 23.1. The van der Waals surface area contributed by atoms with Crippen molar-refractivity contribution in [3.8, 4) is 0 Å². The standard InChI is InChI=1S/C41H70N4O29/c1-12(51)42-16(6-46)33(27(59)19(57)11-67-37-24(44-14(3)53)30(62)28(60)20(8-48)68-37)71-39-32(64)36(34(22(10-50)70-39)72-38-25(45-15(4)54)31(63)29(61)21(9-49)69-38)74-41(40(65)66)5-17(55)23(43-13(2)52)35(73-41)26(58)18(56)7-47/h16-39,46-50,55-64H,5-11H2,1-4H3,(H,42,51)(H,43,52)(H,44,53)(H,45,54)(H,65,66)/t16-,17-,18+,19+,20+,21+,22+,23+,24+,25+,26+,27-,28+,29-,30+,31+,32+,33+,34-,35+,36+,37+,38-,39-,41-/m0/s1. The molecule has 0 bridgehead atoms. The van der Waals surface area contributed by atoms with Crippen LogP contribution >= 0.6 is 0 Å². The number of rotatable bonds is 24. The zero-order chi connectivity index (χ0) is 55.7. The molecule has 0 aromatic carbocycles. The first-order valence-electron chi connectivity index (χ1n) is 23.1. The number of carbonyl (C=O) groups is 5. The molecule has 4 rings (SSSR count). The van der Waals surface area contributed by atoms with Gasteiger partial charge in [-0.1, -0.05) is 0 Å². The Kier molecular flexibility index (Phi) is 23.5. The highest BCUT2D eigenvalue weighted by molar-refractivity contribution is 5.77. The summed E-state index contributed by atoms with van der Waals surface area (Å²) in [6.07, 6.45) is -42.9. The molecule has 33 heteroatoms. The van der Waals surface area contributed by atoms with Crippen LogP contribution in [0.2, 0.25) is 0 Å². The van der Waals surface area contributed by atoms with Gasteiger partial charge >= 0.3 is 5.97 Å². The van der Waals surface area contributed by atoms with Gasteiger partial charge < -0.3 is 141 Å². The van der Waals surface area contributed by atoms with Crippen LogP contribution in [0.3, 0.4) is 0 Å². The topological polar surface area (TPSA) is 531 Å². The van der Waals surface area contributed by atoms with Gasteiger partial charge in [-0.15, -0.1) is 0 Å². The van der Waals surface area contributed by atoms with Crippen LogP contribution in [0.25, 0.3) is 0 Å². The van der Waals surface area contributed by atoms with Gasteiger partial charge in [0.25, 0.3) is 5.79 Å². The number of aliphatic carboxylic acids is 1. The van der Waals surface area contributed by atoms with Crippen LogP contribution in [0.5, 0.6) is 0 Å². The van der Waals surface area contributed by atoms with Crippen molar-refractivity contribution >= 4 is 29.6 Å². The van der Waals surface area contributed by atoms with Crippen molar-refractivity contribution in [2.75, 3.05) is 39.6 Å². The van der Waals surface area contributed by atoms with Gasteiger partial charge in [-0.2, -0.15) is 0 Å². The molecule has 0 spiro atoms. The average Bonchev–Trinajstić information content (AvgIpc) is 3.34. The van der Waals surface area contributed by atoms with Gasteiger partial charge in [0.15, 0.2) is 18.9 Å². The summed E-state index contributed by atoms with van der Waals surface area (Å²) < 4.78 is 46.3.